The van der Waals surface area contributed by atoms with Crippen LogP contribution in [-0.4, -0.2) is 59.6 Å². The van der Waals surface area contributed by atoms with Crippen LogP contribution in [0.1, 0.15) is 50.5 Å². The lowest BCUT2D eigenvalue weighted by Crippen LogP contribution is -2.46. The number of sulfonamides is 1. The van der Waals surface area contributed by atoms with E-state index in [0.29, 0.717) is 25.8 Å². The molecular weight excluding hydrogens is 571 g/mol. The lowest BCUT2D eigenvalue weighted by molar-refractivity contribution is 0.0494. The minimum Gasteiger partial charge on any atom is -0.465 e. The van der Waals surface area contributed by atoms with E-state index in [1.807, 2.05) is 47.8 Å². The zero-order valence-electron chi connectivity index (χ0n) is 23.0. The van der Waals surface area contributed by atoms with E-state index >= 15 is 0 Å². The second kappa shape index (κ2) is 14.6. The van der Waals surface area contributed by atoms with E-state index in [2.05, 4.69) is 5.32 Å². The number of carboxylic acid groups (broad SMARTS) is 1. The van der Waals surface area contributed by atoms with Gasteiger partial charge in [0.1, 0.15) is 9.81 Å². The van der Waals surface area contributed by atoms with E-state index in [1.54, 1.807) is 38.3 Å². The minimum absolute atomic E-state index is 0.0457. The number of rotatable bonds is 14. The van der Waals surface area contributed by atoms with Gasteiger partial charge in [0.2, 0.25) is 0 Å². The Labute approximate surface area is 244 Å². The summed E-state index contributed by atoms with van der Waals surface area (Å²) in [5, 5.41) is 16.1. The molecular formula is C28H37N3O6S3. The third-order valence-electron chi connectivity index (χ3n) is 5.86. The Bertz CT molecular complexity index is 1290. The number of carbonyl (C=O) groups is 2. The van der Waals surface area contributed by atoms with Crippen LogP contribution in [-0.2, 0) is 27.8 Å². The highest BCUT2D eigenvalue weighted by molar-refractivity contribution is 7.91. The predicted molar refractivity (Wildman–Crippen MR) is 158 cm³/mol. The molecule has 0 saturated heterocycles. The van der Waals surface area contributed by atoms with Crippen molar-refractivity contribution < 1.29 is 27.9 Å². The maximum atomic E-state index is 13.6. The van der Waals surface area contributed by atoms with Crippen LogP contribution in [0.4, 0.5) is 9.59 Å². The van der Waals surface area contributed by atoms with Crippen LogP contribution in [0, 0.1) is 0 Å². The normalized spacial score (nSPS) is 12.7. The zero-order valence-corrected chi connectivity index (χ0v) is 25.4. The van der Waals surface area contributed by atoms with Crippen LogP contribution in [0.15, 0.2) is 69.6 Å². The van der Waals surface area contributed by atoms with Crippen LogP contribution in [0.3, 0.4) is 0 Å². The zero-order chi connectivity index (χ0) is 29.2. The molecule has 1 atom stereocenters. The van der Waals surface area contributed by atoms with Gasteiger partial charge < -0.3 is 20.1 Å². The molecule has 2 heterocycles. The molecule has 9 nitrogen and oxygen atoms in total. The lowest BCUT2D eigenvalue weighted by atomic mass is 10.1. The number of thiophene rings is 2. The number of hydrogen-bond donors (Lipinski definition) is 2. The van der Waals surface area contributed by atoms with Crippen molar-refractivity contribution in [2.24, 2.45) is 0 Å². The second-order valence-corrected chi connectivity index (χ2v) is 14.5. The SMILES string of the molecule is CC(C)(C)OC(=O)N[C@@H](CCCCN(Cc1ccccc1)C(=O)O)CN(Cc1cccs1)S(=O)(=O)c1cccs1. The molecule has 0 unspecified atom stereocenters. The van der Waals surface area contributed by atoms with Crippen molar-refractivity contribution in [1.82, 2.24) is 14.5 Å². The monoisotopic (exact) mass is 607 g/mol. The van der Waals surface area contributed by atoms with Crippen molar-refractivity contribution in [2.45, 2.75) is 69.0 Å². The molecule has 12 heteroatoms. The first kappa shape index (κ1) is 31.6. The second-order valence-electron chi connectivity index (χ2n) is 10.3. The maximum Gasteiger partial charge on any atom is 0.407 e. The van der Waals surface area contributed by atoms with Gasteiger partial charge in [-0.1, -0.05) is 42.5 Å². The summed E-state index contributed by atoms with van der Waals surface area (Å²) in [6.07, 6.45) is -0.0623. The van der Waals surface area contributed by atoms with Crippen molar-refractivity contribution in [1.29, 1.82) is 0 Å². The third-order valence-corrected chi connectivity index (χ3v) is 9.91. The number of nitrogens with one attached hydrogen (secondary N) is 1. The van der Waals surface area contributed by atoms with Gasteiger partial charge in [-0.25, -0.2) is 18.0 Å². The first-order valence-corrected chi connectivity index (χ1v) is 16.2. The minimum atomic E-state index is -3.81. The summed E-state index contributed by atoms with van der Waals surface area (Å²) in [6.45, 7) is 6.11. The van der Waals surface area contributed by atoms with Crippen LogP contribution < -0.4 is 5.32 Å². The van der Waals surface area contributed by atoms with E-state index in [-0.39, 0.29) is 23.8 Å². The first-order valence-electron chi connectivity index (χ1n) is 13.0. The van der Waals surface area contributed by atoms with Gasteiger partial charge in [0.15, 0.2) is 0 Å². The fraction of sp³-hybridized carbons (Fsp3) is 0.429. The Hall–Kier alpha value is -2.93. The first-order chi connectivity index (χ1) is 18.9. The van der Waals surface area contributed by atoms with Crippen molar-refractivity contribution in [2.75, 3.05) is 13.1 Å². The molecule has 0 aliphatic heterocycles. The van der Waals surface area contributed by atoms with Crippen molar-refractivity contribution in [3.63, 3.8) is 0 Å². The van der Waals surface area contributed by atoms with Crippen molar-refractivity contribution >= 4 is 44.9 Å². The molecule has 3 aromatic rings. The van der Waals surface area contributed by atoms with Crippen molar-refractivity contribution in [3.05, 3.63) is 75.8 Å². The van der Waals surface area contributed by atoms with Gasteiger partial charge in [0.25, 0.3) is 10.0 Å². The van der Waals surface area contributed by atoms with Crippen LogP contribution in [0.25, 0.3) is 0 Å². The molecule has 0 radical (unpaired) electrons. The average Bonchev–Trinajstić information content (AvgIpc) is 3.59. The molecule has 3 rings (SSSR count). The molecule has 0 bridgehead atoms. The predicted octanol–water partition coefficient (Wildman–Crippen LogP) is 6.24. The Morgan fingerprint density at radius 2 is 1.68 bits per heavy atom. The number of unbranched alkanes of at least 4 members (excludes halogenated alkanes) is 1. The van der Waals surface area contributed by atoms with Crippen LogP contribution >= 0.6 is 22.7 Å². The molecule has 0 fully saturated rings. The summed E-state index contributed by atoms with van der Waals surface area (Å²) < 4.78 is 34.2. The van der Waals surface area contributed by atoms with E-state index in [0.717, 1.165) is 21.8 Å². The number of ether oxygens (including phenoxy) is 1. The van der Waals surface area contributed by atoms with Gasteiger partial charge in [0.05, 0.1) is 0 Å². The Balaban J connectivity index is 1.72. The molecule has 2 aromatic heterocycles. The maximum absolute atomic E-state index is 13.6. The number of nitrogens with zero attached hydrogens (tertiary/aromatic N) is 2. The highest BCUT2D eigenvalue weighted by atomic mass is 32.2. The molecule has 1 aromatic carbocycles. The summed E-state index contributed by atoms with van der Waals surface area (Å²) in [5.41, 5.74) is 0.186. The van der Waals surface area contributed by atoms with Gasteiger partial charge in [-0.15, -0.1) is 22.7 Å². The molecule has 0 spiro atoms. The quantitative estimate of drug-likeness (QED) is 0.210. The molecule has 218 valence electrons. The van der Waals surface area contributed by atoms with Gasteiger partial charge in [-0.2, -0.15) is 4.31 Å². The van der Waals surface area contributed by atoms with Gasteiger partial charge in [-0.05, 0) is 68.5 Å². The van der Waals surface area contributed by atoms with Gasteiger partial charge >= 0.3 is 12.2 Å². The fourth-order valence-corrected chi connectivity index (χ4v) is 7.44. The molecule has 0 aliphatic rings. The van der Waals surface area contributed by atoms with Crippen LogP contribution in [0.2, 0.25) is 0 Å². The van der Waals surface area contributed by atoms with Gasteiger partial charge in [-0.3, -0.25) is 0 Å². The summed E-state index contributed by atoms with van der Waals surface area (Å²) in [6, 6.07) is 15.9. The number of benzene rings is 1. The number of carbonyl (C=O) groups excluding carboxylic acids is 1. The molecule has 2 amide bonds. The number of hydrogen-bond acceptors (Lipinski definition) is 7. The van der Waals surface area contributed by atoms with Crippen molar-refractivity contribution in [3.8, 4) is 0 Å². The third kappa shape index (κ3) is 10.2. The van der Waals surface area contributed by atoms with E-state index < -0.39 is 33.9 Å². The van der Waals surface area contributed by atoms with Crippen LogP contribution in [0.5, 0.6) is 0 Å². The number of alkyl carbamates (subject to hydrolysis) is 1. The topological polar surface area (TPSA) is 116 Å². The highest BCUT2D eigenvalue weighted by Gasteiger charge is 2.30. The highest BCUT2D eigenvalue weighted by Crippen LogP contribution is 2.25. The summed E-state index contributed by atoms with van der Waals surface area (Å²) >= 11 is 2.61. The smallest absolute Gasteiger partial charge is 0.407 e. The Kier molecular flexibility index (Phi) is 11.6. The summed E-state index contributed by atoms with van der Waals surface area (Å²) in [4.78, 5) is 26.7. The van der Waals surface area contributed by atoms with E-state index in [1.165, 1.54) is 20.5 Å². The molecule has 0 aliphatic carbocycles. The molecule has 0 saturated carbocycles. The standard InChI is InChI=1S/C28H37N3O6S3/c1-28(2,3)37-26(32)29-23(13-7-8-16-30(27(33)34)19-22-11-5-4-6-12-22)20-31(21-24-14-9-17-38-24)40(35,36)25-15-10-18-39-25/h4-6,9-12,14-15,17-18,23H,7-8,13,16,19-21H2,1-3H3,(H,29,32)(H,33,34)/t23-/m0/s1. The largest absolute Gasteiger partial charge is 0.465 e. The van der Waals surface area contributed by atoms with E-state index in [4.69, 9.17) is 4.74 Å². The molecule has 40 heavy (non-hydrogen) atoms. The number of amides is 2. The van der Waals surface area contributed by atoms with Gasteiger partial charge in [0, 0.05) is 37.1 Å². The fourth-order valence-electron chi connectivity index (χ4n) is 4.03. The lowest BCUT2D eigenvalue weighted by Gasteiger charge is -2.28. The van der Waals surface area contributed by atoms with E-state index in [9.17, 15) is 23.1 Å². The summed E-state index contributed by atoms with van der Waals surface area (Å²) in [7, 11) is -3.81. The summed E-state index contributed by atoms with van der Waals surface area (Å²) in [5.74, 6) is 0. The Morgan fingerprint density at radius 3 is 2.27 bits per heavy atom. The average molecular weight is 608 g/mol. The Morgan fingerprint density at radius 1 is 0.975 bits per heavy atom. The molecule has 2 N–H and O–H groups in total.